The molecule has 6 heteroatoms. The molecule has 1 unspecified atom stereocenters. The summed E-state index contributed by atoms with van der Waals surface area (Å²) < 4.78 is 0. The standard InChI is InChI=1S/C17H24N2O3S/c1-2-19-9-8-12-13(10-19)23-16(14(12)17(21)22)18-15(20)11-6-4-3-5-7-11/h11H,2-10H2,1H3,(H,18,20)(H,21,22). The predicted octanol–water partition coefficient (Wildman–Crippen LogP) is 0.591. The zero-order valence-electron chi connectivity index (χ0n) is 13.6. The maximum Gasteiger partial charge on any atom is 0.228 e. The third kappa shape index (κ3) is 3.43. The van der Waals surface area contributed by atoms with Crippen molar-refractivity contribution in [2.75, 3.05) is 18.4 Å². The number of rotatable bonds is 4. The Labute approximate surface area is 140 Å². The Balaban J connectivity index is 1.82. The maximum atomic E-state index is 12.5. The number of thiophene rings is 1. The lowest BCUT2D eigenvalue weighted by Crippen LogP contribution is -3.11. The van der Waals surface area contributed by atoms with Gasteiger partial charge in [0.2, 0.25) is 5.91 Å². The van der Waals surface area contributed by atoms with Crippen molar-refractivity contribution >= 4 is 28.2 Å². The zero-order valence-corrected chi connectivity index (χ0v) is 14.4. The number of likely N-dealkylation sites (N-methyl/N-ethyl adjacent to an activating group) is 1. The number of fused-ring (bicyclic) bond motifs is 1. The van der Waals surface area contributed by atoms with Crippen LogP contribution in [0.15, 0.2) is 0 Å². The summed E-state index contributed by atoms with van der Waals surface area (Å²) in [7, 11) is 0. The molecular formula is C17H24N2O3S. The van der Waals surface area contributed by atoms with Crippen molar-refractivity contribution in [3.63, 3.8) is 0 Å². The number of hydrogen-bond donors (Lipinski definition) is 2. The summed E-state index contributed by atoms with van der Waals surface area (Å²) in [4.78, 5) is 26.6. The number of anilines is 1. The van der Waals surface area contributed by atoms with Crippen LogP contribution >= 0.6 is 11.3 Å². The molecule has 1 amide bonds. The van der Waals surface area contributed by atoms with E-state index in [1.54, 1.807) is 0 Å². The minimum absolute atomic E-state index is 0.0227. The molecule has 1 fully saturated rings. The van der Waals surface area contributed by atoms with Gasteiger partial charge in [0.15, 0.2) is 0 Å². The van der Waals surface area contributed by atoms with Crippen LogP contribution in [-0.2, 0) is 17.8 Å². The molecule has 0 radical (unpaired) electrons. The summed E-state index contributed by atoms with van der Waals surface area (Å²) in [6.45, 7) is 4.95. The average Bonchev–Trinajstić information content (AvgIpc) is 2.92. The molecule has 0 aromatic carbocycles. The van der Waals surface area contributed by atoms with Gasteiger partial charge in [-0.3, -0.25) is 4.79 Å². The van der Waals surface area contributed by atoms with Crippen LogP contribution in [0.25, 0.3) is 0 Å². The summed E-state index contributed by atoms with van der Waals surface area (Å²) in [6, 6.07) is 0. The molecule has 23 heavy (non-hydrogen) atoms. The number of carbonyl (C=O) groups is 2. The summed E-state index contributed by atoms with van der Waals surface area (Å²) in [5.41, 5.74) is 1.11. The first-order valence-electron chi connectivity index (χ1n) is 8.60. The van der Waals surface area contributed by atoms with Crippen LogP contribution in [-0.4, -0.2) is 25.0 Å². The second kappa shape index (κ2) is 7.01. The smallest absolute Gasteiger partial charge is 0.228 e. The number of aromatic carboxylic acids is 1. The number of amides is 1. The fourth-order valence-corrected chi connectivity index (χ4v) is 5.03. The molecule has 1 aromatic heterocycles. The minimum atomic E-state index is -1.17. The van der Waals surface area contributed by atoms with Gasteiger partial charge in [-0.2, -0.15) is 0 Å². The Morgan fingerprint density at radius 1 is 1.30 bits per heavy atom. The Bertz CT molecular complexity index is 605. The fourth-order valence-electron chi connectivity index (χ4n) is 3.72. The van der Waals surface area contributed by atoms with E-state index in [4.69, 9.17) is 0 Å². The first-order valence-corrected chi connectivity index (χ1v) is 9.42. The lowest BCUT2D eigenvalue weighted by atomic mass is 9.88. The number of hydrogen-bond acceptors (Lipinski definition) is 4. The molecule has 1 atom stereocenters. The van der Waals surface area contributed by atoms with Crippen LogP contribution in [0.3, 0.4) is 0 Å². The molecule has 2 heterocycles. The van der Waals surface area contributed by atoms with Crippen molar-refractivity contribution in [1.29, 1.82) is 0 Å². The van der Waals surface area contributed by atoms with Crippen molar-refractivity contribution < 1.29 is 19.6 Å². The second-order valence-corrected chi connectivity index (χ2v) is 7.71. The van der Waals surface area contributed by atoms with Crippen molar-refractivity contribution in [1.82, 2.24) is 0 Å². The van der Waals surface area contributed by atoms with E-state index in [0.29, 0.717) is 5.00 Å². The number of carbonyl (C=O) groups excluding carboxylic acids is 2. The van der Waals surface area contributed by atoms with Crippen molar-refractivity contribution in [2.45, 2.75) is 52.0 Å². The van der Waals surface area contributed by atoms with Gasteiger partial charge in [0.25, 0.3) is 0 Å². The first-order chi connectivity index (χ1) is 11.1. The third-order valence-corrected chi connectivity index (χ3v) is 6.29. The van der Waals surface area contributed by atoms with Gasteiger partial charge in [-0.15, -0.1) is 11.3 Å². The van der Waals surface area contributed by atoms with Crippen molar-refractivity contribution in [3.05, 3.63) is 16.0 Å². The van der Waals surface area contributed by atoms with E-state index in [-0.39, 0.29) is 17.4 Å². The number of quaternary nitrogens is 1. The van der Waals surface area contributed by atoms with Gasteiger partial charge in [-0.05, 0) is 25.3 Å². The third-order valence-electron chi connectivity index (χ3n) is 5.15. The van der Waals surface area contributed by atoms with Crippen molar-refractivity contribution in [3.8, 4) is 0 Å². The SMILES string of the molecule is CC[NH+]1CCc2c(sc(NC(=O)C3CCCCC3)c2C(=O)[O-])C1. The second-order valence-electron chi connectivity index (χ2n) is 6.60. The molecule has 5 nitrogen and oxygen atoms in total. The van der Waals surface area contributed by atoms with Gasteiger partial charge >= 0.3 is 0 Å². The van der Waals surface area contributed by atoms with E-state index >= 15 is 0 Å². The van der Waals surface area contributed by atoms with E-state index in [2.05, 4.69) is 12.2 Å². The highest BCUT2D eigenvalue weighted by Crippen LogP contribution is 2.35. The van der Waals surface area contributed by atoms with Gasteiger partial charge in [0.05, 0.1) is 23.9 Å². The highest BCUT2D eigenvalue weighted by atomic mass is 32.1. The largest absolute Gasteiger partial charge is 0.545 e. The van der Waals surface area contributed by atoms with Gasteiger partial charge in [-0.25, -0.2) is 0 Å². The molecule has 1 aliphatic heterocycles. The van der Waals surface area contributed by atoms with Crippen LogP contribution in [0.4, 0.5) is 5.00 Å². The van der Waals surface area contributed by atoms with Gasteiger partial charge in [0.1, 0.15) is 11.5 Å². The molecule has 3 rings (SSSR count). The topological polar surface area (TPSA) is 73.7 Å². The van der Waals surface area contributed by atoms with Crippen molar-refractivity contribution in [2.24, 2.45) is 5.92 Å². The first kappa shape index (κ1) is 16.5. The summed E-state index contributed by atoms with van der Waals surface area (Å²) in [5, 5.41) is 15.0. The zero-order chi connectivity index (χ0) is 16.4. The van der Waals surface area contributed by atoms with Gasteiger partial charge in [0, 0.05) is 17.9 Å². The predicted molar refractivity (Wildman–Crippen MR) is 87.6 cm³/mol. The summed E-state index contributed by atoms with van der Waals surface area (Å²) in [5.74, 6) is -1.16. The molecule has 0 spiro atoms. The average molecular weight is 336 g/mol. The molecule has 2 N–H and O–H groups in total. The normalized spacial score (nSPS) is 21.7. The van der Waals surface area contributed by atoms with Crippen LogP contribution < -0.4 is 15.3 Å². The highest BCUT2D eigenvalue weighted by Gasteiger charge is 2.29. The monoisotopic (exact) mass is 336 g/mol. The maximum absolute atomic E-state index is 12.5. The number of carboxylic acids is 1. The fraction of sp³-hybridized carbons (Fsp3) is 0.647. The molecule has 1 saturated carbocycles. The highest BCUT2D eigenvalue weighted by molar-refractivity contribution is 7.16. The van der Waals surface area contributed by atoms with Crippen LogP contribution in [0.5, 0.6) is 0 Å². The van der Waals surface area contributed by atoms with E-state index in [0.717, 1.165) is 62.2 Å². The number of carboxylic acid groups (broad SMARTS) is 1. The lowest BCUT2D eigenvalue weighted by molar-refractivity contribution is -0.913. The van der Waals surface area contributed by atoms with E-state index < -0.39 is 5.97 Å². The van der Waals surface area contributed by atoms with E-state index in [1.165, 1.54) is 22.7 Å². The molecule has 0 saturated heterocycles. The van der Waals surface area contributed by atoms with Crippen LogP contribution in [0.2, 0.25) is 0 Å². The van der Waals surface area contributed by atoms with E-state index in [1.807, 2.05) is 0 Å². The van der Waals surface area contributed by atoms with Crippen LogP contribution in [0.1, 0.15) is 59.8 Å². The molecule has 1 aromatic rings. The van der Waals surface area contributed by atoms with Gasteiger partial charge < -0.3 is 20.1 Å². The van der Waals surface area contributed by atoms with Crippen LogP contribution in [0, 0.1) is 5.92 Å². The quantitative estimate of drug-likeness (QED) is 0.845. The molecule has 1 aliphatic carbocycles. The summed E-state index contributed by atoms with van der Waals surface area (Å²) >= 11 is 1.43. The Hall–Kier alpha value is -1.40. The minimum Gasteiger partial charge on any atom is -0.545 e. The Kier molecular flexibility index (Phi) is 5.02. The Morgan fingerprint density at radius 3 is 2.70 bits per heavy atom. The molecule has 0 bridgehead atoms. The molecule has 126 valence electrons. The van der Waals surface area contributed by atoms with Gasteiger partial charge in [-0.1, -0.05) is 19.3 Å². The Morgan fingerprint density at radius 2 is 2.04 bits per heavy atom. The lowest BCUT2D eigenvalue weighted by Gasteiger charge is -2.23. The van der Waals surface area contributed by atoms with E-state index in [9.17, 15) is 14.7 Å². The molecule has 2 aliphatic rings. The number of nitrogens with one attached hydrogen (secondary N) is 2. The molecular weight excluding hydrogens is 312 g/mol. The summed E-state index contributed by atoms with van der Waals surface area (Å²) in [6.07, 6.45) is 5.92.